The van der Waals surface area contributed by atoms with Crippen LogP contribution < -0.4 is 0 Å². The summed E-state index contributed by atoms with van der Waals surface area (Å²) in [5.74, 6) is 0. The highest BCUT2D eigenvalue weighted by molar-refractivity contribution is 7.99. The number of unbranched alkanes of at least 4 members (excludes halogenated alkanes) is 1. The van der Waals surface area contributed by atoms with Crippen LogP contribution in [0.3, 0.4) is 0 Å². The fraction of sp³-hybridized carbons (Fsp3) is 0.483. The monoisotopic (exact) mass is 420 g/mol. The van der Waals surface area contributed by atoms with Crippen LogP contribution in [0.1, 0.15) is 90.3 Å². The number of rotatable bonds is 6. The summed E-state index contributed by atoms with van der Waals surface area (Å²) in [6.07, 6.45) is 9.22. The lowest BCUT2D eigenvalue weighted by Gasteiger charge is -2.42. The number of hydrogen-bond donors (Lipinski definition) is 0. The summed E-state index contributed by atoms with van der Waals surface area (Å²) < 4.78 is 0. The molecule has 1 aliphatic rings. The highest BCUT2D eigenvalue weighted by Crippen LogP contribution is 2.47. The summed E-state index contributed by atoms with van der Waals surface area (Å²) in [4.78, 5) is 2.65. The van der Waals surface area contributed by atoms with Gasteiger partial charge >= 0.3 is 0 Å². The first kappa shape index (κ1) is 24.6. The number of aryl methyl sites for hydroxylation is 1. The molecule has 0 atom stereocenters. The number of fused-ring (bicyclic) bond motifs is 1. The molecule has 0 bridgehead atoms. The average molecular weight is 421 g/mol. The first-order valence-corrected chi connectivity index (χ1v) is 12.3. The van der Waals surface area contributed by atoms with Crippen molar-refractivity contribution < 1.29 is 0 Å². The summed E-state index contributed by atoms with van der Waals surface area (Å²) in [7, 11) is 0. The Bertz CT molecular complexity index is 846. The lowest BCUT2D eigenvalue weighted by molar-refractivity contribution is 0.331. The van der Waals surface area contributed by atoms with E-state index in [0.717, 1.165) is 12.8 Å². The summed E-state index contributed by atoms with van der Waals surface area (Å²) >= 11 is 1.87. The molecule has 0 radical (unpaired) electrons. The standard InChI is InChI=1S/C25H30S.C4H10/c1-6-7-8-9-19-10-12-20(13-11-19)26-21-14-15-22-23(18-21)25(4,5)17-16-24(22,2)3;1-3-4-2/h7,10-15,18H,1,8-9,16-17H2,2-5H3;3-4H2,1-2H3. The molecule has 0 saturated carbocycles. The topological polar surface area (TPSA) is 0 Å². The zero-order valence-corrected chi connectivity index (χ0v) is 20.8. The van der Waals surface area contributed by atoms with E-state index in [1.807, 2.05) is 17.8 Å². The number of hydrogen-bond acceptors (Lipinski definition) is 1. The molecule has 0 aliphatic heterocycles. The van der Waals surface area contributed by atoms with Crippen LogP contribution >= 0.6 is 11.8 Å². The average Bonchev–Trinajstić information content (AvgIpc) is 2.73. The smallest absolute Gasteiger partial charge is 0.0125 e. The Morgan fingerprint density at radius 1 is 0.867 bits per heavy atom. The van der Waals surface area contributed by atoms with E-state index in [9.17, 15) is 0 Å². The highest BCUT2D eigenvalue weighted by atomic mass is 32.2. The summed E-state index contributed by atoms with van der Waals surface area (Å²) in [6.45, 7) is 17.5. The van der Waals surface area contributed by atoms with E-state index in [4.69, 9.17) is 0 Å². The molecule has 0 spiro atoms. The van der Waals surface area contributed by atoms with Gasteiger partial charge in [0, 0.05) is 9.79 Å². The molecule has 0 N–H and O–H groups in total. The molecular formula is C29H40S. The normalized spacial score (nSPS) is 15.9. The fourth-order valence-corrected chi connectivity index (χ4v) is 4.69. The van der Waals surface area contributed by atoms with Crippen molar-refractivity contribution in [3.05, 3.63) is 77.5 Å². The molecule has 0 fully saturated rings. The predicted octanol–water partition coefficient (Wildman–Crippen LogP) is 9.27. The third-order valence-corrected chi connectivity index (χ3v) is 7.20. The molecule has 0 heterocycles. The quantitative estimate of drug-likeness (QED) is 0.419. The Balaban J connectivity index is 0.000000735. The molecule has 0 unspecified atom stereocenters. The summed E-state index contributed by atoms with van der Waals surface area (Å²) in [5, 5.41) is 0. The van der Waals surface area contributed by atoms with Crippen LogP contribution in [0.4, 0.5) is 0 Å². The van der Waals surface area contributed by atoms with Gasteiger partial charge in [-0.3, -0.25) is 0 Å². The van der Waals surface area contributed by atoms with Crippen molar-refractivity contribution in [3.63, 3.8) is 0 Å². The van der Waals surface area contributed by atoms with Crippen LogP contribution in [-0.4, -0.2) is 0 Å². The van der Waals surface area contributed by atoms with Gasteiger partial charge < -0.3 is 0 Å². The molecule has 1 heteroatoms. The Labute approximate surface area is 189 Å². The largest absolute Gasteiger partial charge is 0.133 e. The zero-order valence-electron chi connectivity index (χ0n) is 20.0. The molecule has 162 valence electrons. The third-order valence-electron chi connectivity index (χ3n) is 6.21. The van der Waals surface area contributed by atoms with E-state index in [0.29, 0.717) is 0 Å². The van der Waals surface area contributed by atoms with Gasteiger partial charge in [-0.2, -0.15) is 0 Å². The van der Waals surface area contributed by atoms with Gasteiger partial charge in [-0.05, 0) is 83.5 Å². The molecule has 3 rings (SSSR count). The van der Waals surface area contributed by atoms with Gasteiger partial charge in [0.05, 0.1) is 0 Å². The maximum absolute atomic E-state index is 3.62. The Morgan fingerprint density at radius 2 is 1.43 bits per heavy atom. The van der Waals surface area contributed by atoms with Gasteiger partial charge in [-0.1, -0.05) is 90.9 Å². The SMILES string of the molecule is C=C=CCCc1ccc(Sc2ccc3c(c2)C(C)(C)CCC3(C)C)cc1.CCCC. The van der Waals surface area contributed by atoms with Gasteiger partial charge in [-0.15, -0.1) is 5.73 Å². The van der Waals surface area contributed by atoms with Gasteiger partial charge in [0.25, 0.3) is 0 Å². The number of allylic oxidation sites excluding steroid dienone is 1. The van der Waals surface area contributed by atoms with E-state index >= 15 is 0 Å². The maximum Gasteiger partial charge on any atom is 0.0125 e. The van der Waals surface area contributed by atoms with Gasteiger partial charge in [-0.25, -0.2) is 0 Å². The predicted molar refractivity (Wildman–Crippen MR) is 135 cm³/mol. The van der Waals surface area contributed by atoms with Gasteiger partial charge in [0.15, 0.2) is 0 Å². The number of benzene rings is 2. The molecule has 2 aromatic rings. The van der Waals surface area contributed by atoms with Crippen LogP contribution in [0, 0.1) is 0 Å². The van der Waals surface area contributed by atoms with E-state index in [1.165, 1.54) is 52.2 Å². The van der Waals surface area contributed by atoms with Crippen molar-refractivity contribution in [3.8, 4) is 0 Å². The second-order valence-corrected chi connectivity index (χ2v) is 10.8. The van der Waals surface area contributed by atoms with E-state index in [-0.39, 0.29) is 10.8 Å². The van der Waals surface area contributed by atoms with E-state index < -0.39 is 0 Å². The van der Waals surface area contributed by atoms with Crippen LogP contribution in [0.25, 0.3) is 0 Å². The van der Waals surface area contributed by atoms with E-state index in [1.54, 1.807) is 0 Å². The second-order valence-electron chi connectivity index (χ2n) is 9.67. The van der Waals surface area contributed by atoms with Crippen molar-refractivity contribution in [2.75, 3.05) is 0 Å². The molecular weight excluding hydrogens is 380 g/mol. The summed E-state index contributed by atoms with van der Waals surface area (Å²) in [6, 6.07) is 16.1. The minimum absolute atomic E-state index is 0.268. The van der Waals surface area contributed by atoms with Crippen molar-refractivity contribution in [1.82, 2.24) is 0 Å². The molecule has 2 aromatic carbocycles. The van der Waals surface area contributed by atoms with Gasteiger partial charge in [0.2, 0.25) is 0 Å². The minimum Gasteiger partial charge on any atom is -0.133 e. The minimum atomic E-state index is 0.268. The Hall–Kier alpha value is -1.69. The molecule has 1 aliphatic carbocycles. The summed E-state index contributed by atoms with van der Waals surface area (Å²) in [5.41, 5.74) is 7.83. The van der Waals surface area contributed by atoms with Crippen LogP contribution in [-0.2, 0) is 17.3 Å². The highest BCUT2D eigenvalue weighted by Gasteiger charge is 2.36. The van der Waals surface area contributed by atoms with Gasteiger partial charge in [0.1, 0.15) is 0 Å². The zero-order chi connectivity index (χ0) is 22.2. The fourth-order valence-electron chi connectivity index (χ4n) is 3.83. The Kier molecular flexibility index (Phi) is 9.08. The maximum atomic E-state index is 3.62. The van der Waals surface area contributed by atoms with Crippen LogP contribution in [0.2, 0.25) is 0 Å². The van der Waals surface area contributed by atoms with Crippen LogP contribution in [0.5, 0.6) is 0 Å². The van der Waals surface area contributed by atoms with Crippen molar-refractivity contribution in [2.45, 2.75) is 101 Å². The Morgan fingerprint density at radius 3 is 2.00 bits per heavy atom. The van der Waals surface area contributed by atoms with Crippen molar-refractivity contribution >= 4 is 11.8 Å². The van der Waals surface area contributed by atoms with E-state index in [2.05, 4.69) is 96.3 Å². The lowest BCUT2D eigenvalue weighted by Crippen LogP contribution is -2.33. The molecule has 0 aromatic heterocycles. The first-order valence-electron chi connectivity index (χ1n) is 11.5. The molecule has 30 heavy (non-hydrogen) atoms. The second kappa shape index (κ2) is 11.1. The van der Waals surface area contributed by atoms with Crippen LogP contribution in [0.15, 0.2) is 70.6 Å². The molecule has 0 saturated heterocycles. The lowest BCUT2D eigenvalue weighted by atomic mass is 9.63. The first-order chi connectivity index (χ1) is 14.2. The molecule has 0 amide bonds. The third kappa shape index (κ3) is 6.66. The molecule has 0 nitrogen and oxygen atoms in total. The van der Waals surface area contributed by atoms with Crippen molar-refractivity contribution in [1.29, 1.82) is 0 Å². The van der Waals surface area contributed by atoms with Crippen molar-refractivity contribution in [2.24, 2.45) is 0 Å².